The summed E-state index contributed by atoms with van der Waals surface area (Å²) in [5, 5.41) is 9.61. The summed E-state index contributed by atoms with van der Waals surface area (Å²) in [6, 6.07) is 14.1. The Morgan fingerprint density at radius 3 is 2.70 bits per heavy atom. The largest absolute Gasteiger partial charge is 0.508 e. The number of nitrogens with two attached hydrogens (primary N) is 1. The molecule has 5 heteroatoms. The van der Waals surface area contributed by atoms with Crippen LogP contribution in [0.2, 0.25) is 0 Å². The lowest BCUT2D eigenvalue weighted by Crippen LogP contribution is -2.25. The summed E-state index contributed by atoms with van der Waals surface area (Å²) in [7, 11) is 0. The van der Waals surface area contributed by atoms with Gasteiger partial charge in [-0.25, -0.2) is 5.48 Å². The Kier molecular flexibility index (Phi) is 4.57. The molecule has 2 rings (SSSR count). The van der Waals surface area contributed by atoms with Crippen LogP contribution < -0.4 is 11.2 Å². The maximum Gasteiger partial charge on any atom is 0.248 e. The molecule has 0 aromatic heterocycles. The van der Waals surface area contributed by atoms with Gasteiger partial charge in [-0.15, -0.1) is 0 Å². The number of nitrogen functional groups attached to an aromatic ring is 1. The molecule has 0 aliphatic carbocycles. The number of nitrogens with one attached hydrogen (secondary N) is 1. The maximum absolute atomic E-state index is 11.7. The normalized spacial score (nSPS) is 10.2. The minimum absolute atomic E-state index is 0.00562. The predicted molar refractivity (Wildman–Crippen MR) is 75.6 cm³/mol. The van der Waals surface area contributed by atoms with Crippen molar-refractivity contribution in [3.63, 3.8) is 0 Å². The van der Waals surface area contributed by atoms with Gasteiger partial charge in [0.15, 0.2) is 0 Å². The number of carbonyl (C=O) groups excluding carboxylic acids is 1. The second-order valence-corrected chi connectivity index (χ2v) is 4.36. The van der Waals surface area contributed by atoms with E-state index in [0.29, 0.717) is 11.3 Å². The van der Waals surface area contributed by atoms with Gasteiger partial charge in [0.05, 0.1) is 13.0 Å². The molecule has 0 aliphatic rings. The summed E-state index contributed by atoms with van der Waals surface area (Å²) < 4.78 is 0. The first kappa shape index (κ1) is 13.9. The van der Waals surface area contributed by atoms with Crippen LogP contribution in [0.1, 0.15) is 11.1 Å². The van der Waals surface area contributed by atoms with Gasteiger partial charge in [-0.05, 0) is 23.8 Å². The van der Waals surface area contributed by atoms with Crippen molar-refractivity contribution in [2.24, 2.45) is 0 Å². The Labute approximate surface area is 116 Å². The molecule has 5 nitrogen and oxygen atoms in total. The van der Waals surface area contributed by atoms with E-state index in [4.69, 9.17) is 10.6 Å². The van der Waals surface area contributed by atoms with Crippen LogP contribution in [0.3, 0.4) is 0 Å². The van der Waals surface area contributed by atoms with Crippen molar-refractivity contribution in [1.82, 2.24) is 5.48 Å². The molecule has 0 unspecified atom stereocenters. The highest BCUT2D eigenvalue weighted by molar-refractivity contribution is 5.78. The number of aromatic hydroxyl groups is 1. The van der Waals surface area contributed by atoms with Crippen LogP contribution in [-0.2, 0) is 22.7 Å². The van der Waals surface area contributed by atoms with E-state index in [9.17, 15) is 9.90 Å². The molecule has 4 N–H and O–H groups in total. The fourth-order valence-electron chi connectivity index (χ4n) is 1.73. The second kappa shape index (κ2) is 6.58. The number of phenols is 1. The SMILES string of the molecule is Nc1ccc(O)c(CC(=O)NOCc2ccccc2)c1. The number of hydrogen-bond donors (Lipinski definition) is 3. The summed E-state index contributed by atoms with van der Waals surface area (Å²) in [5.41, 5.74) is 9.86. The van der Waals surface area contributed by atoms with Crippen molar-refractivity contribution in [3.05, 3.63) is 59.7 Å². The molecule has 2 aromatic carbocycles. The number of benzene rings is 2. The molecular weight excluding hydrogens is 256 g/mol. The lowest BCUT2D eigenvalue weighted by atomic mass is 10.1. The zero-order valence-corrected chi connectivity index (χ0v) is 10.9. The van der Waals surface area contributed by atoms with Gasteiger partial charge in [-0.1, -0.05) is 30.3 Å². The van der Waals surface area contributed by atoms with Crippen LogP contribution in [0.5, 0.6) is 5.75 Å². The quantitative estimate of drug-likeness (QED) is 0.440. The van der Waals surface area contributed by atoms with Crippen molar-refractivity contribution in [2.45, 2.75) is 13.0 Å². The second-order valence-electron chi connectivity index (χ2n) is 4.36. The number of hydrogen-bond acceptors (Lipinski definition) is 4. The fraction of sp³-hybridized carbons (Fsp3) is 0.133. The number of anilines is 1. The average molecular weight is 272 g/mol. The number of phenolic OH excluding ortho intramolecular Hbond substituents is 1. The summed E-state index contributed by atoms with van der Waals surface area (Å²) in [6.45, 7) is 0.287. The van der Waals surface area contributed by atoms with Gasteiger partial charge in [0, 0.05) is 11.3 Å². The molecule has 20 heavy (non-hydrogen) atoms. The maximum atomic E-state index is 11.7. The topological polar surface area (TPSA) is 84.6 Å². The van der Waals surface area contributed by atoms with Gasteiger partial charge in [-0.3, -0.25) is 9.63 Å². The molecule has 0 saturated carbocycles. The molecule has 0 fully saturated rings. The minimum atomic E-state index is -0.346. The van der Waals surface area contributed by atoms with Gasteiger partial charge < -0.3 is 10.8 Å². The highest BCUT2D eigenvalue weighted by Crippen LogP contribution is 2.20. The number of amides is 1. The first-order valence-electron chi connectivity index (χ1n) is 6.17. The monoisotopic (exact) mass is 272 g/mol. The summed E-state index contributed by atoms with van der Waals surface area (Å²) >= 11 is 0. The van der Waals surface area contributed by atoms with Crippen LogP contribution >= 0.6 is 0 Å². The molecule has 104 valence electrons. The number of hydroxylamine groups is 1. The molecule has 0 heterocycles. The van der Waals surface area contributed by atoms with Gasteiger partial charge in [-0.2, -0.15) is 0 Å². The average Bonchev–Trinajstić information content (AvgIpc) is 2.44. The highest BCUT2D eigenvalue weighted by atomic mass is 16.6. The van der Waals surface area contributed by atoms with Crippen LogP contribution in [0.25, 0.3) is 0 Å². The van der Waals surface area contributed by atoms with Crippen LogP contribution in [0.15, 0.2) is 48.5 Å². The first-order valence-corrected chi connectivity index (χ1v) is 6.17. The number of carbonyl (C=O) groups is 1. The smallest absolute Gasteiger partial charge is 0.248 e. The molecule has 0 spiro atoms. The zero-order valence-electron chi connectivity index (χ0n) is 10.9. The Morgan fingerprint density at radius 1 is 1.20 bits per heavy atom. The van der Waals surface area contributed by atoms with Crippen LogP contribution in [0.4, 0.5) is 5.69 Å². The Balaban J connectivity index is 1.82. The molecular formula is C15H16N2O3. The Hall–Kier alpha value is -2.53. The third-order valence-electron chi connectivity index (χ3n) is 2.72. The van der Waals surface area contributed by atoms with E-state index >= 15 is 0 Å². The summed E-state index contributed by atoms with van der Waals surface area (Å²) in [4.78, 5) is 16.8. The van der Waals surface area contributed by atoms with Gasteiger partial charge in [0.1, 0.15) is 5.75 Å². The zero-order chi connectivity index (χ0) is 14.4. The van der Waals surface area contributed by atoms with Crippen LogP contribution in [-0.4, -0.2) is 11.0 Å². The Bertz CT molecular complexity index is 585. The van der Waals surface area contributed by atoms with Crippen molar-refractivity contribution in [3.8, 4) is 5.75 Å². The van der Waals surface area contributed by atoms with Crippen molar-refractivity contribution in [1.29, 1.82) is 0 Å². The van der Waals surface area contributed by atoms with E-state index in [1.165, 1.54) is 6.07 Å². The van der Waals surface area contributed by atoms with Crippen molar-refractivity contribution < 1.29 is 14.7 Å². The molecule has 0 radical (unpaired) electrons. The van der Waals surface area contributed by atoms with E-state index in [1.807, 2.05) is 30.3 Å². The highest BCUT2D eigenvalue weighted by Gasteiger charge is 2.08. The van der Waals surface area contributed by atoms with Gasteiger partial charge in [0.25, 0.3) is 0 Å². The third kappa shape index (κ3) is 4.00. The van der Waals surface area contributed by atoms with Crippen LogP contribution in [0, 0.1) is 0 Å². The van der Waals surface area contributed by atoms with E-state index in [1.54, 1.807) is 12.1 Å². The third-order valence-corrected chi connectivity index (χ3v) is 2.72. The predicted octanol–water partition coefficient (Wildman–Crippen LogP) is 1.76. The van der Waals surface area contributed by atoms with E-state index in [0.717, 1.165) is 5.56 Å². The lowest BCUT2D eigenvalue weighted by Gasteiger charge is -2.08. The lowest BCUT2D eigenvalue weighted by molar-refractivity contribution is -0.133. The summed E-state index contributed by atoms with van der Waals surface area (Å²) in [5.74, 6) is -0.306. The van der Waals surface area contributed by atoms with Crippen molar-refractivity contribution >= 4 is 11.6 Å². The Morgan fingerprint density at radius 2 is 1.95 bits per heavy atom. The first-order chi connectivity index (χ1) is 9.65. The standard InChI is InChI=1S/C15H16N2O3/c16-13-6-7-14(18)12(8-13)9-15(19)17-20-10-11-4-2-1-3-5-11/h1-8,18H,9-10,16H2,(H,17,19). The van der Waals surface area contributed by atoms with Gasteiger partial charge >= 0.3 is 0 Å². The molecule has 1 amide bonds. The minimum Gasteiger partial charge on any atom is -0.508 e. The molecule has 0 aliphatic heterocycles. The van der Waals surface area contributed by atoms with E-state index < -0.39 is 0 Å². The van der Waals surface area contributed by atoms with Crippen molar-refractivity contribution in [2.75, 3.05) is 5.73 Å². The fourth-order valence-corrected chi connectivity index (χ4v) is 1.73. The number of rotatable bonds is 5. The molecule has 0 saturated heterocycles. The summed E-state index contributed by atoms with van der Waals surface area (Å²) in [6.07, 6.45) is 0.00562. The molecule has 0 atom stereocenters. The van der Waals surface area contributed by atoms with E-state index in [-0.39, 0.29) is 24.7 Å². The molecule has 0 bridgehead atoms. The van der Waals surface area contributed by atoms with Gasteiger partial charge in [0.2, 0.25) is 5.91 Å². The van der Waals surface area contributed by atoms with E-state index in [2.05, 4.69) is 5.48 Å². The molecule has 2 aromatic rings.